The summed E-state index contributed by atoms with van der Waals surface area (Å²) in [5.74, 6) is 0.266. The van der Waals surface area contributed by atoms with Gasteiger partial charge in [-0.1, -0.05) is 13.3 Å². The molecule has 5 heteroatoms. The van der Waals surface area contributed by atoms with Gasteiger partial charge in [-0.05, 0) is 43.6 Å². The van der Waals surface area contributed by atoms with Crippen molar-refractivity contribution in [2.75, 3.05) is 13.1 Å². The number of nitrogens with zero attached hydrogens (tertiary/aromatic N) is 1. The molecule has 2 heterocycles. The van der Waals surface area contributed by atoms with Gasteiger partial charge in [-0.25, -0.2) is 4.79 Å². The molecule has 3 aliphatic rings. The number of aliphatic carboxylic acids is 1. The molecule has 5 nitrogen and oxygen atoms in total. The Morgan fingerprint density at radius 3 is 2.79 bits per heavy atom. The standard InChI is InChI=1S/C14H22N2O3/c1-8-5-6-16(12(8)14(18)19)13(17)11-10-4-2-3-9(10)7-15-11/h8-12,15H,2-7H2,1H3,(H,18,19). The molecule has 5 atom stereocenters. The second kappa shape index (κ2) is 4.78. The average molecular weight is 266 g/mol. The maximum Gasteiger partial charge on any atom is 0.326 e. The van der Waals surface area contributed by atoms with Crippen LogP contribution in [0.5, 0.6) is 0 Å². The molecule has 1 saturated carbocycles. The van der Waals surface area contributed by atoms with Gasteiger partial charge >= 0.3 is 5.97 Å². The molecule has 0 bridgehead atoms. The number of hydrogen-bond acceptors (Lipinski definition) is 3. The van der Waals surface area contributed by atoms with Gasteiger partial charge < -0.3 is 15.3 Å². The summed E-state index contributed by atoms with van der Waals surface area (Å²) in [4.78, 5) is 25.6. The SMILES string of the molecule is CC1CCN(C(=O)C2NCC3CCCC32)C1C(=O)O. The van der Waals surface area contributed by atoms with E-state index in [1.807, 2.05) is 6.92 Å². The Hall–Kier alpha value is -1.10. The minimum absolute atomic E-state index is 0.0196. The molecule has 1 amide bonds. The molecule has 2 aliphatic heterocycles. The van der Waals surface area contributed by atoms with E-state index < -0.39 is 12.0 Å². The minimum Gasteiger partial charge on any atom is -0.480 e. The highest BCUT2D eigenvalue weighted by Gasteiger charge is 2.47. The summed E-state index contributed by atoms with van der Waals surface area (Å²) >= 11 is 0. The first-order valence-corrected chi connectivity index (χ1v) is 7.36. The Labute approximate surface area is 113 Å². The fourth-order valence-corrected chi connectivity index (χ4v) is 4.21. The number of amides is 1. The fourth-order valence-electron chi connectivity index (χ4n) is 4.21. The monoisotopic (exact) mass is 266 g/mol. The van der Waals surface area contributed by atoms with Crippen molar-refractivity contribution >= 4 is 11.9 Å². The normalized spacial score (nSPS) is 41.5. The second-order valence-electron chi connectivity index (χ2n) is 6.32. The van der Waals surface area contributed by atoms with Crippen molar-refractivity contribution < 1.29 is 14.7 Å². The zero-order valence-corrected chi connectivity index (χ0v) is 11.3. The van der Waals surface area contributed by atoms with Crippen molar-refractivity contribution in [2.45, 2.75) is 44.7 Å². The Bertz CT molecular complexity index is 398. The van der Waals surface area contributed by atoms with Crippen LogP contribution in [0.2, 0.25) is 0 Å². The zero-order chi connectivity index (χ0) is 13.6. The average Bonchev–Trinajstić information content (AvgIpc) is 3.00. The first kappa shape index (κ1) is 12.9. The molecule has 1 aliphatic carbocycles. The molecule has 5 unspecified atom stereocenters. The van der Waals surface area contributed by atoms with Crippen LogP contribution in [-0.2, 0) is 9.59 Å². The molecule has 0 aromatic rings. The number of carboxylic acid groups (broad SMARTS) is 1. The van der Waals surface area contributed by atoms with Crippen LogP contribution >= 0.6 is 0 Å². The molecule has 3 fully saturated rings. The smallest absolute Gasteiger partial charge is 0.326 e. The quantitative estimate of drug-likeness (QED) is 0.772. The molecule has 0 aromatic heterocycles. The Morgan fingerprint density at radius 2 is 2.05 bits per heavy atom. The van der Waals surface area contributed by atoms with E-state index in [1.54, 1.807) is 4.90 Å². The van der Waals surface area contributed by atoms with Crippen LogP contribution in [0.25, 0.3) is 0 Å². The second-order valence-corrected chi connectivity index (χ2v) is 6.32. The molecule has 2 saturated heterocycles. The molecular weight excluding hydrogens is 244 g/mol. The number of nitrogens with one attached hydrogen (secondary N) is 1. The van der Waals surface area contributed by atoms with E-state index in [1.165, 1.54) is 12.8 Å². The third kappa shape index (κ3) is 2.04. The summed E-state index contributed by atoms with van der Waals surface area (Å²) in [6, 6.07) is -0.769. The molecule has 2 N–H and O–H groups in total. The third-order valence-electron chi connectivity index (χ3n) is 5.25. The Morgan fingerprint density at radius 1 is 1.26 bits per heavy atom. The molecule has 19 heavy (non-hydrogen) atoms. The van der Waals surface area contributed by atoms with E-state index in [9.17, 15) is 14.7 Å². The van der Waals surface area contributed by atoms with E-state index in [0.29, 0.717) is 18.4 Å². The Balaban J connectivity index is 1.75. The van der Waals surface area contributed by atoms with Crippen molar-refractivity contribution in [3.63, 3.8) is 0 Å². The van der Waals surface area contributed by atoms with Crippen LogP contribution in [0, 0.1) is 17.8 Å². The van der Waals surface area contributed by atoms with E-state index >= 15 is 0 Å². The van der Waals surface area contributed by atoms with Gasteiger partial charge in [0, 0.05) is 6.54 Å². The lowest BCUT2D eigenvalue weighted by atomic mass is 9.93. The van der Waals surface area contributed by atoms with E-state index in [0.717, 1.165) is 19.4 Å². The summed E-state index contributed by atoms with van der Waals surface area (Å²) in [7, 11) is 0. The van der Waals surface area contributed by atoms with E-state index in [2.05, 4.69) is 5.32 Å². The number of hydrogen-bond donors (Lipinski definition) is 2. The predicted molar refractivity (Wildman–Crippen MR) is 69.5 cm³/mol. The van der Waals surface area contributed by atoms with Crippen LogP contribution in [0.4, 0.5) is 0 Å². The lowest BCUT2D eigenvalue weighted by molar-refractivity contribution is -0.150. The number of carboxylic acids is 1. The molecule has 0 radical (unpaired) electrons. The van der Waals surface area contributed by atoms with Crippen molar-refractivity contribution in [3.8, 4) is 0 Å². The topological polar surface area (TPSA) is 69.6 Å². The van der Waals surface area contributed by atoms with Gasteiger partial charge in [0.1, 0.15) is 6.04 Å². The van der Waals surface area contributed by atoms with Crippen LogP contribution in [0.1, 0.15) is 32.6 Å². The van der Waals surface area contributed by atoms with Crippen molar-refractivity contribution in [2.24, 2.45) is 17.8 Å². The summed E-state index contributed by atoms with van der Waals surface area (Å²) in [5, 5.41) is 12.6. The zero-order valence-electron chi connectivity index (χ0n) is 11.3. The van der Waals surface area contributed by atoms with Crippen molar-refractivity contribution in [3.05, 3.63) is 0 Å². The minimum atomic E-state index is -0.862. The van der Waals surface area contributed by atoms with Crippen LogP contribution in [0.3, 0.4) is 0 Å². The highest BCUT2D eigenvalue weighted by Crippen LogP contribution is 2.39. The van der Waals surface area contributed by atoms with Crippen molar-refractivity contribution in [1.82, 2.24) is 10.2 Å². The van der Waals surface area contributed by atoms with Gasteiger partial charge in [0.25, 0.3) is 0 Å². The number of carbonyl (C=O) groups excluding carboxylic acids is 1. The molecule has 3 rings (SSSR count). The van der Waals surface area contributed by atoms with Gasteiger partial charge in [-0.3, -0.25) is 4.79 Å². The maximum absolute atomic E-state index is 12.7. The Kier molecular flexibility index (Phi) is 3.25. The molecule has 0 aromatic carbocycles. The van der Waals surface area contributed by atoms with Gasteiger partial charge in [0.05, 0.1) is 6.04 Å². The lowest BCUT2D eigenvalue weighted by Gasteiger charge is -2.28. The first-order valence-electron chi connectivity index (χ1n) is 7.36. The van der Waals surface area contributed by atoms with Crippen LogP contribution < -0.4 is 5.32 Å². The summed E-state index contributed by atoms with van der Waals surface area (Å²) < 4.78 is 0. The fraction of sp³-hybridized carbons (Fsp3) is 0.857. The van der Waals surface area contributed by atoms with Crippen LogP contribution in [-0.4, -0.2) is 47.1 Å². The highest BCUT2D eigenvalue weighted by molar-refractivity contribution is 5.88. The highest BCUT2D eigenvalue weighted by atomic mass is 16.4. The number of carbonyl (C=O) groups is 2. The first-order chi connectivity index (χ1) is 9.09. The van der Waals surface area contributed by atoms with Gasteiger partial charge in [-0.2, -0.15) is 0 Å². The predicted octanol–water partition coefficient (Wildman–Crippen LogP) is 0.696. The maximum atomic E-state index is 12.7. The molecular formula is C14H22N2O3. The molecule has 0 spiro atoms. The number of likely N-dealkylation sites (tertiary alicyclic amines) is 1. The van der Waals surface area contributed by atoms with E-state index in [-0.39, 0.29) is 17.9 Å². The van der Waals surface area contributed by atoms with Crippen LogP contribution in [0.15, 0.2) is 0 Å². The van der Waals surface area contributed by atoms with E-state index in [4.69, 9.17) is 0 Å². The summed E-state index contributed by atoms with van der Waals surface area (Å²) in [5.41, 5.74) is 0. The molecule has 106 valence electrons. The van der Waals surface area contributed by atoms with Gasteiger partial charge in [0.2, 0.25) is 5.91 Å². The summed E-state index contributed by atoms with van der Waals surface area (Å²) in [6.45, 7) is 3.43. The lowest BCUT2D eigenvalue weighted by Crippen LogP contribution is -2.51. The van der Waals surface area contributed by atoms with Gasteiger partial charge in [0.15, 0.2) is 0 Å². The van der Waals surface area contributed by atoms with Crippen molar-refractivity contribution in [1.29, 1.82) is 0 Å². The number of fused-ring (bicyclic) bond motifs is 1. The largest absolute Gasteiger partial charge is 0.480 e. The number of rotatable bonds is 2. The summed E-state index contributed by atoms with van der Waals surface area (Å²) in [6.07, 6.45) is 4.32. The van der Waals surface area contributed by atoms with Gasteiger partial charge in [-0.15, -0.1) is 0 Å². The third-order valence-corrected chi connectivity index (χ3v) is 5.25.